The fraction of sp³-hybridized carbons (Fsp3) is 0.364. The fourth-order valence-electron chi connectivity index (χ4n) is 4.18. The number of carbonyl (C=O) groups is 3. The summed E-state index contributed by atoms with van der Waals surface area (Å²) in [5.74, 6) is -0.676. The van der Waals surface area contributed by atoms with Crippen LogP contribution in [0.3, 0.4) is 0 Å². The zero-order valence-electron chi connectivity index (χ0n) is 16.1. The van der Waals surface area contributed by atoms with Gasteiger partial charge in [-0.25, -0.2) is 0 Å². The number of nitrogens with one attached hydrogen (secondary N) is 1. The van der Waals surface area contributed by atoms with E-state index >= 15 is 0 Å². The van der Waals surface area contributed by atoms with E-state index in [1.54, 1.807) is 36.7 Å². The van der Waals surface area contributed by atoms with Crippen molar-refractivity contribution in [1.29, 1.82) is 0 Å². The van der Waals surface area contributed by atoms with Gasteiger partial charge in [0.2, 0.25) is 0 Å². The number of hydrogen-bond acceptors (Lipinski definition) is 5. The van der Waals surface area contributed by atoms with Gasteiger partial charge >= 0.3 is 0 Å². The molecule has 0 saturated heterocycles. The Hall–Kier alpha value is -3.06. The zero-order chi connectivity index (χ0) is 20.4. The molecule has 7 heteroatoms. The number of nitrogens with zero attached hydrogens (tertiary/aromatic N) is 2. The summed E-state index contributed by atoms with van der Waals surface area (Å²) in [6, 6.07) is 8.28. The van der Waals surface area contributed by atoms with Crippen molar-refractivity contribution in [3.05, 3.63) is 65.0 Å². The molecule has 4 rings (SSSR count). The number of aromatic nitrogens is 1. The van der Waals surface area contributed by atoms with E-state index in [2.05, 4.69) is 10.3 Å². The number of hydrogen-bond donors (Lipinski definition) is 2. The molecule has 2 unspecified atom stereocenters. The van der Waals surface area contributed by atoms with Crippen LogP contribution in [0, 0.1) is 5.92 Å². The third kappa shape index (κ3) is 3.78. The second-order valence-electron chi connectivity index (χ2n) is 7.67. The third-order valence-corrected chi connectivity index (χ3v) is 5.85. The molecule has 1 aromatic heterocycles. The maximum atomic E-state index is 12.8. The van der Waals surface area contributed by atoms with Crippen molar-refractivity contribution in [1.82, 2.24) is 15.2 Å². The van der Waals surface area contributed by atoms with Crippen LogP contribution in [0.1, 0.15) is 62.3 Å². The van der Waals surface area contributed by atoms with Gasteiger partial charge in [0.05, 0.1) is 17.7 Å². The summed E-state index contributed by atoms with van der Waals surface area (Å²) in [7, 11) is 0. The number of benzene rings is 1. The number of pyridine rings is 1. The van der Waals surface area contributed by atoms with Gasteiger partial charge in [0.25, 0.3) is 17.7 Å². The van der Waals surface area contributed by atoms with Crippen LogP contribution >= 0.6 is 0 Å². The van der Waals surface area contributed by atoms with Crippen molar-refractivity contribution in [2.75, 3.05) is 6.54 Å². The van der Waals surface area contributed by atoms with Crippen LogP contribution < -0.4 is 11.1 Å². The highest BCUT2D eigenvalue weighted by Crippen LogP contribution is 2.27. The highest BCUT2D eigenvalue weighted by Gasteiger charge is 2.36. The van der Waals surface area contributed by atoms with E-state index in [1.165, 1.54) is 11.0 Å². The van der Waals surface area contributed by atoms with Crippen LogP contribution in [0.2, 0.25) is 0 Å². The summed E-state index contributed by atoms with van der Waals surface area (Å²) >= 11 is 0. The van der Waals surface area contributed by atoms with E-state index in [1.807, 2.05) is 0 Å². The molecule has 1 aliphatic heterocycles. The van der Waals surface area contributed by atoms with Crippen LogP contribution in [-0.4, -0.2) is 40.2 Å². The standard InChI is InChI=1S/C22H24N4O3/c23-12-16-3-1-2-4-19(16)25-20(27)15-5-6-17-18(11-15)22(29)26(21(17)28)13-14-7-9-24-10-8-14/h5-11,16,19H,1-4,12-13,23H2,(H,25,27). The largest absolute Gasteiger partial charge is 0.349 e. The predicted octanol–water partition coefficient (Wildman–Crippen LogP) is 2.13. The lowest BCUT2D eigenvalue weighted by Gasteiger charge is -2.31. The molecule has 2 atom stereocenters. The molecule has 1 fully saturated rings. The quantitative estimate of drug-likeness (QED) is 0.759. The monoisotopic (exact) mass is 392 g/mol. The molecule has 1 aliphatic carbocycles. The molecule has 2 aromatic rings. The Morgan fingerprint density at radius 3 is 2.55 bits per heavy atom. The van der Waals surface area contributed by atoms with Crippen molar-refractivity contribution < 1.29 is 14.4 Å². The summed E-state index contributed by atoms with van der Waals surface area (Å²) in [6.45, 7) is 0.725. The summed E-state index contributed by atoms with van der Waals surface area (Å²) < 4.78 is 0. The molecular weight excluding hydrogens is 368 g/mol. The maximum Gasteiger partial charge on any atom is 0.261 e. The van der Waals surface area contributed by atoms with Gasteiger partial charge in [-0.05, 0) is 61.2 Å². The van der Waals surface area contributed by atoms with Crippen molar-refractivity contribution in [2.24, 2.45) is 11.7 Å². The number of rotatable bonds is 5. The fourth-order valence-corrected chi connectivity index (χ4v) is 4.18. The summed E-state index contributed by atoms with van der Waals surface area (Å²) in [5, 5.41) is 3.07. The maximum absolute atomic E-state index is 12.8. The van der Waals surface area contributed by atoms with Crippen molar-refractivity contribution >= 4 is 17.7 Å². The summed E-state index contributed by atoms with van der Waals surface area (Å²) in [5.41, 5.74) is 7.66. The minimum absolute atomic E-state index is 0.0510. The van der Waals surface area contributed by atoms with E-state index in [9.17, 15) is 14.4 Å². The predicted molar refractivity (Wildman–Crippen MR) is 107 cm³/mol. The zero-order valence-corrected chi connectivity index (χ0v) is 16.1. The first-order valence-corrected chi connectivity index (χ1v) is 9.98. The molecule has 2 heterocycles. The number of imide groups is 1. The second kappa shape index (κ2) is 8.13. The smallest absolute Gasteiger partial charge is 0.261 e. The number of nitrogens with two attached hydrogens (primary N) is 1. The van der Waals surface area contributed by atoms with E-state index in [-0.39, 0.29) is 41.8 Å². The first kappa shape index (κ1) is 19.3. The van der Waals surface area contributed by atoms with E-state index in [0.717, 1.165) is 31.2 Å². The normalized spacial score (nSPS) is 21.2. The summed E-state index contributed by atoms with van der Waals surface area (Å²) in [6.07, 6.45) is 7.38. The number of fused-ring (bicyclic) bond motifs is 1. The van der Waals surface area contributed by atoms with Crippen LogP contribution in [0.5, 0.6) is 0 Å². The van der Waals surface area contributed by atoms with Gasteiger partial charge in [-0.15, -0.1) is 0 Å². The first-order valence-electron chi connectivity index (χ1n) is 9.98. The molecule has 2 aliphatic rings. The van der Waals surface area contributed by atoms with Crippen LogP contribution in [0.15, 0.2) is 42.7 Å². The van der Waals surface area contributed by atoms with E-state index < -0.39 is 0 Å². The van der Waals surface area contributed by atoms with Crippen LogP contribution in [0.4, 0.5) is 0 Å². The van der Waals surface area contributed by atoms with Gasteiger partial charge in [0.15, 0.2) is 0 Å². The van der Waals surface area contributed by atoms with Crippen molar-refractivity contribution in [3.8, 4) is 0 Å². The molecule has 0 spiro atoms. The Balaban J connectivity index is 1.52. The molecular formula is C22H24N4O3. The molecule has 7 nitrogen and oxygen atoms in total. The molecule has 3 N–H and O–H groups in total. The Kier molecular flexibility index (Phi) is 5.40. The molecule has 0 bridgehead atoms. The Morgan fingerprint density at radius 1 is 1.07 bits per heavy atom. The molecule has 150 valence electrons. The SMILES string of the molecule is NCC1CCCCC1NC(=O)c1ccc2c(c1)C(=O)N(Cc1ccncc1)C2=O. The second-order valence-corrected chi connectivity index (χ2v) is 7.67. The average molecular weight is 392 g/mol. The average Bonchev–Trinajstić information content (AvgIpc) is 2.99. The lowest BCUT2D eigenvalue weighted by atomic mass is 9.84. The molecule has 3 amide bonds. The summed E-state index contributed by atoms with van der Waals surface area (Å²) in [4.78, 5) is 43.4. The highest BCUT2D eigenvalue weighted by atomic mass is 16.2. The molecule has 0 radical (unpaired) electrons. The van der Waals surface area contributed by atoms with Gasteiger partial charge in [-0.3, -0.25) is 24.3 Å². The Morgan fingerprint density at radius 2 is 1.79 bits per heavy atom. The van der Waals surface area contributed by atoms with Crippen molar-refractivity contribution in [3.63, 3.8) is 0 Å². The molecule has 1 aromatic carbocycles. The van der Waals surface area contributed by atoms with Crippen LogP contribution in [0.25, 0.3) is 0 Å². The Labute approximate surface area is 169 Å². The van der Waals surface area contributed by atoms with E-state index in [4.69, 9.17) is 5.73 Å². The van der Waals surface area contributed by atoms with Gasteiger partial charge < -0.3 is 11.1 Å². The van der Waals surface area contributed by atoms with Gasteiger partial charge in [0, 0.05) is 24.0 Å². The molecule has 1 saturated carbocycles. The topological polar surface area (TPSA) is 105 Å². The number of carbonyl (C=O) groups excluding carboxylic acids is 3. The molecule has 29 heavy (non-hydrogen) atoms. The van der Waals surface area contributed by atoms with E-state index in [0.29, 0.717) is 17.7 Å². The highest BCUT2D eigenvalue weighted by molar-refractivity contribution is 6.22. The first-order chi connectivity index (χ1) is 14.1. The lowest BCUT2D eigenvalue weighted by Crippen LogP contribution is -2.44. The number of amides is 3. The lowest BCUT2D eigenvalue weighted by molar-refractivity contribution is 0.0642. The minimum Gasteiger partial charge on any atom is -0.349 e. The minimum atomic E-state index is -0.381. The van der Waals surface area contributed by atoms with Crippen molar-refractivity contribution in [2.45, 2.75) is 38.3 Å². The van der Waals surface area contributed by atoms with Gasteiger partial charge in [0.1, 0.15) is 0 Å². The van der Waals surface area contributed by atoms with Crippen LogP contribution in [-0.2, 0) is 6.54 Å². The van der Waals surface area contributed by atoms with Gasteiger partial charge in [-0.1, -0.05) is 12.8 Å². The Bertz CT molecular complexity index is 944. The van der Waals surface area contributed by atoms with Gasteiger partial charge in [-0.2, -0.15) is 0 Å². The third-order valence-electron chi connectivity index (χ3n) is 5.85.